The van der Waals surface area contributed by atoms with Gasteiger partial charge in [-0.3, -0.25) is 4.79 Å². The molecular formula is C18H18N4OS2. The first-order chi connectivity index (χ1) is 12.2. The Labute approximate surface area is 155 Å². The first-order valence-corrected chi connectivity index (χ1v) is 9.68. The molecule has 0 spiro atoms. The van der Waals surface area contributed by atoms with E-state index in [-0.39, 0.29) is 11.2 Å². The van der Waals surface area contributed by atoms with Crippen LogP contribution in [0.3, 0.4) is 0 Å². The monoisotopic (exact) mass is 370 g/mol. The number of amides is 1. The van der Waals surface area contributed by atoms with Crippen LogP contribution >= 0.6 is 23.1 Å². The summed E-state index contributed by atoms with van der Waals surface area (Å²) >= 11 is 2.88. The molecule has 0 aliphatic heterocycles. The molecule has 1 aromatic carbocycles. The van der Waals surface area contributed by atoms with E-state index in [9.17, 15) is 4.79 Å². The predicted molar refractivity (Wildman–Crippen MR) is 103 cm³/mol. The van der Waals surface area contributed by atoms with E-state index >= 15 is 0 Å². The second-order valence-electron chi connectivity index (χ2n) is 5.41. The van der Waals surface area contributed by atoms with Gasteiger partial charge in [-0.15, -0.1) is 11.3 Å². The Morgan fingerprint density at radius 3 is 2.80 bits per heavy atom. The molecule has 0 radical (unpaired) electrons. The van der Waals surface area contributed by atoms with Crippen molar-refractivity contribution in [1.82, 2.24) is 15.0 Å². The fourth-order valence-electron chi connectivity index (χ4n) is 2.22. The molecule has 0 saturated carbocycles. The lowest BCUT2D eigenvalue weighted by atomic mass is 10.2. The molecule has 3 aromatic rings. The average molecular weight is 371 g/mol. The van der Waals surface area contributed by atoms with Crippen molar-refractivity contribution in [3.05, 3.63) is 53.8 Å². The largest absolute Gasteiger partial charge is 0.301 e. The maximum atomic E-state index is 12.6. The van der Waals surface area contributed by atoms with Gasteiger partial charge < -0.3 is 5.32 Å². The summed E-state index contributed by atoms with van der Waals surface area (Å²) in [4.78, 5) is 25.4. The smallest absolute Gasteiger partial charge is 0.239 e. The molecule has 2 aromatic heterocycles. The Hall–Kier alpha value is -2.25. The van der Waals surface area contributed by atoms with E-state index < -0.39 is 0 Å². The number of benzene rings is 1. The Bertz CT molecular complexity index is 851. The Morgan fingerprint density at radius 1 is 1.28 bits per heavy atom. The molecule has 1 unspecified atom stereocenters. The number of hydrogen-bond donors (Lipinski definition) is 1. The molecule has 2 heterocycles. The van der Waals surface area contributed by atoms with E-state index in [1.165, 1.54) is 29.4 Å². The summed E-state index contributed by atoms with van der Waals surface area (Å²) < 4.78 is 0. The van der Waals surface area contributed by atoms with Gasteiger partial charge in [-0.25, -0.2) is 15.0 Å². The van der Waals surface area contributed by atoms with E-state index in [4.69, 9.17) is 0 Å². The molecule has 3 rings (SSSR count). The lowest BCUT2D eigenvalue weighted by Gasteiger charge is -2.12. The van der Waals surface area contributed by atoms with E-state index in [1.807, 2.05) is 55.6 Å². The van der Waals surface area contributed by atoms with E-state index in [1.54, 1.807) is 0 Å². The fourth-order valence-corrected chi connectivity index (χ4v) is 3.91. The van der Waals surface area contributed by atoms with Gasteiger partial charge in [0.1, 0.15) is 11.4 Å². The summed E-state index contributed by atoms with van der Waals surface area (Å²) in [7, 11) is 0. The van der Waals surface area contributed by atoms with Gasteiger partial charge in [0.2, 0.25) is 5.91 Å². The summed E-state index contributed by atoms with van der Waals surface area (Å²) in [6.45, 7) is 3.90. The highest BCUT2D eigenvalue weighted by molar-refractivity contribution is 8.00. The molecule has 0 saturated heterocycles. The second kappa shape index (κ2) is 8.22. The quantitative estimate of drug-likeness (QED) is 0.514. The van der Waals surface area contributed by atoms with Gasteiger partial charge in [0.15, 0.2) is 5.13 Å². The zero-order valence-corrected chi connectivity index (χ0v) is 15.6. The zero-order chi connectivity index (χ0) is 17.6. The van der Waals surface area contributed by atoms with Crippen molar-refractivity contribution in [3.63, 3.8) is 0 Å². The van der Waals surface area contributed by atoms with Crippen LogP contribution in [0.4, 0.5) is 5.13 Å². The summed E-state index contributed by atoms with van der Waals surface area (Å²) in [5.74, 6) is -0.0577. The van der Waals surface area contributed by atoms with Crippen LogP contribution in [0.5, 0.6) is 0 Å². The molecule has 25 heavy (non-hydrogen) atoms. The van der Waals surface area contributed by atoms with Crippen molar-refractivity contribution in [3.8, 4) is 11.3 Å². The van der Waals surface area contributed by atoms with Crippen LogP contribution in [-0.4, -0.2) is 26.1 Å². The summed E-state index contributed by atoms with van der Waals surface area (Å²) in [5, 5.41) is 6.07. The van der Waals surface area contributed by atoms with Crippen LogP contribution in [0.2, 0.25) is 0 Å². The number of aryl methyl sites for hydroxylation is 1. The maximum Gasteiger partial charge on any atom is 0.239 e. The van der Waals surface area contributed by atoms with Crippen molar-refractivity contribution in [1.29, 1.82) is 0 Å². The van der Waals surface area contributed by atoms with Crippen LogP contribution in [0, 0.1) is 6.92 Å². The average Bonchev–Trinajstić information content (AvgIpc) is 3.09. The number of nitrogens with zero attached hydrogens (tertiary/aromatic N) is 3. The molecule has 0 bridgehead atoms. The zero-order valence-electron chi connectivity index (χ0n) is 14.0. The number of aromatic nitrogens is 3. The Morgan fingerprint density at radius 2 is 2.08 bits per heavy atom. The third-order valence-corrected chi connectivity index (χ3v) is 5.56. The second-order valence-corrected chi connectivity index (χ2v) is 7.49. The summed E-state index contributed by atoms with van der Waals surface area (Å²) in [6.07, 6.45) is 2.23. The number of rotatable bonds is 6. The van der Waals surface area contributed by atoms with Crippen molar-refractivity contribution in [2.24, 2.45) is 0 Å². The molecule has 1 amide bonds. The summed E-state index contributed by atoms with van der Waals surface area (Å²) in [5.41, 5.74) is 2.80. The number of anilines is 1. The SMILES string of the molecule is CCC(Sc1cc(C)ncn1)C(=O)Nc1nc(-c2ccccc2)cs1. The standard InChI is InChI=1S/C18H18N4OS2/c1-3-15(25-16-9-12(2)19-11-20-16)17(23)22-18-21-14(10-24-18)13-7-5-4-6-8-13/h4-11,15H,3H2,1-2H3,(H,21,22,23). The molecule has 7 heteroatoms. The molecule has 1 N–H and O–H groups in total. The van der Waals surface area contributed by atoms with Crippen LogP contribution in [0.25, 0.3) is 11.3 Å². The number of carbonyl (C=O) groups excluding carboxylic acids is 1. The van der Waals surface area contributed by atoms with Gasteiger partial charge in [0, 0.05) is 16.6 Å². The van der Waals surface area contributed by atoms with E-state index in [0.29, 0.717) is 11.6 Å². The Balaban J connectivity index is 1.67. The highest BCUT2D eigenvalue weighted by Crippen LogP contribution is 2.27. The fraction of sp³-hybridized carbons (Fsp3) is 0.222. The third kappa shape index (κ3) is 4.64. The minimum Gasteiger partial charge on any atom is -0.301 e. The molecule has 1 atom stereocenters. The highest BCUT2D eigenvalue weighted by Gasteiger charge is 2.20. The van der Waals surface area contributed by atoms with Crippen LogP contribution < -0.4 is 5.32 Å². The molecule has 128 valence electrons. The third-order valence-electron chi connectivity index (χ3n) is 3.51. The maximum absolute atomic E-state index is 12.6. The van der Waals surface area contributed by atoms with Crippen molar-refractivity contribution >= 4 is 34.1 Å². The number of hydrogen-bond acceptors (Lipinski definition) is 6. The predicted octanol–water partition coefficient (Wildman–Crippen LogP) is 4.42. The summed E-state index contributed by atoms with van der Waals surface area (Å²) in [6, 6.07) is 11.8. The van der Waals surface area contributed by atoms with Gasteiger partial charge >= 0.3 is 0 Å². The number of thioether (sulfide) groups is 1. The van der Waals surface area contributed by atoms with Crippen molar-refractivity contribution < 1.29 is 4.79 Å². The van der Waals surface area contributed by atoms with Crippen LogP contribution in [0.15, 0.2) is 53.1 Å². The minimum absolute atomic E-state index is 0.0577. The first kappa shape index (κ1) is 17.6. The number of carbonyl (C=O) groups is 1. The minimum atomic E-state index is -0.224. The van der Waals surface area contributed by atoms with Gasteiger partial charge in [0.25, 0.3) is 0 Å². The molecule has 0 fully saturated rings. The topological polar surface area (TPSA) is 67.8 Å². The molecule has 0 aliphatic rings. The van der Waals surface area contributed by atoms with Crippen molar-refractivity contribution in [2.75, 3.05) is 5.32 Å². The highest BCUT2D eigenvalue weighted by atomic mass is 32.2. The van der Waals surface area contributed by atoms with Crippen molar-refractivity contribution in [2.45, 2.75) is 30.5 Å². The lowest BCUT2D eigenvalue weighted by Crippen LogP contribution is -2.24. The van der Waals surface area contributed by atoms with Gasteiger partial charge in [-0.2, -0.15) is 0 Å². The van der Waals surface area contributed by atoms with Crippen LogP contribution in [0.1, 0.15) is 19.0 Å². The lowest BCUT2D eigenvalue weighted by molar-refractivity contribution is -0.115. The number of thiazole rings is 1. The van der Waals surface area contributed by atoms with Gasteiger partial charge in [0.05, 0.1) is 10.9 Å². The van der Waals surface area contributed by atoms with Gasteiger partial charge in [-0.1, -0.05) is 49.0 Å². The molecule has 0 aliphatic carbocycles. The number of nitrogens with one attached hydrogen (secondary N) is 1. The molecule has 5 nitrogen and oxygen atoms in total. The first-order valence-electron chi connectivity index (χ1n) is 7.93. The normalized spacial score (nSPS) is 11.9. The van der Waals surface area contributed by atoms with Gasteiger partial charge in [-0.05, 0) is 19.4 Å². The van der Waals surface area contributed by atoms with E-state index in [2.05, 4.69) is 20.3 Å². The van der Waals surface area contributed by atoms with E-state index in [0.717, 1.165) is 22.0 Å². The molecular weight excluding hydrogens is 352 g/mol. The van der Waals surface area contributed by atoms with Crippen LogP contribution in [-0.2, 0) is 4.79 Å². The Kier molecular flexibility index (Phi) is 5.78.